The fraction of sp³-hybridized carbons (Fsp3) is 0.923. The minimum absolute atomic E-state index is 0.244. The molecule has 0 radical (unpaired) electrons. The third-order valence-corrected chi connectivity index (χ3v) is 4.95. The van der Waals surface area contributed by atoms with Crippen molar-refractivity contribution in [3.63, 3.8) is 0 Å². The fourth-order valence-electron chi connectivity index (χ4n) is 2.35. The molecule has 0 aromatic rings. The monoisotopic (exact) mass is 256 g/mol. The zero-order chi connectivity index (χ0) is 13.1. The smallest absolute Gasteiger partial charge is 0.108 e. The second-order valence-electron chi connectivity index (χ2n) is 5.44. The first-order valence-corrected chi connectivity index (χ1v) is 7.35. The third kappa shape index (κ3) is 4.17. The van der Waals surface area contributed by atoms with E-state index >= 15 is 0 Å². The van der Waals surface area contributed by atoms with Gasteiger partial charge in [0.1, 0.15) is 5.54 Å². The van der Waals surface area contributed by atoms with Crippen molar-refractivity contribution >= 4 is 11.8 Å². The number of nitriles is 1. The topological polar surface area (TPSA) is 56.0 Å². The lowest BCUT2D eigenvalue weighted by Gasteiger charge is -2.26. The van der Waals surface area contributed by atoms with Crippen molar-refractivity contribution in [2.75, 3.05) is 0 Å². The van der Waals surface area contributed by atoms with E-state index in [4.69, 9.17) is 0 Å². The van der Waals surface area contributed by atoms with Gasteiger partial charge in [-0.25, -0.2) is 0 Å². The second-order valence-corrected chi connectivity index (χ2v) is 7.12. The van der Waals surface area contributed by atoms with E-state index in [1.54, 1.807) is 0 Å². The molecule has 1 aliphatic rings. The lowest BCUT2D eigenvalue weighted by molar-refractivity contribution is 0.196. The van der Waals surface area contributed by atoms with Gasteiger partial charge in [-0.1, -0.05) is 6.92 Å². The molecular formula is C13H24N2OS. The van der Waals surface area contributed by atoms with Crippen LogP contribution in [0.4, 0.5) is 0 Å². The Kier molecular flexibility index (Phi) is 5.30. The standard InChI is InChI=1S/C13H24N2OS/c1-9(2)15-13(8-14)6-5-12(7-13)17-11(4)10(3)16/h9-12,15-16H,5-7H2,1-4H3. The van der Waals surface area contributed by atoms with Crippen LogP contribution in [0.15, 0.2) is 0 Å². The van der Waals surface area contributed by atoms with E-state index in [0.717, 1.165) is 19.3 Å². The Morgan fingerprint density at radius 2 is 2.06 bits per heavy atom. The summed E-state index contributed by atoms with van der Waals surface area (Å²) in [5.41, 5.74) is -0.343. The highest BCUT2D eigenvalue weighted by atomic mass is 32.2. The quantitative estimate of drug-likeness (QED) is 0.792. The Morgan fingerprint density at radius 3 is 2.53 bits per heavy atom. The summed E-state index contributed by atoms with van der Waals surface area (Å²) in [4.78, 5) is 0. The molecular weight excluding hydrogens is 232 g/mol. The van der Waals surface area contributed by atoms with Crippen LogP contribution in [0.25, 0.3) is 0 Å². The molecule has 98 valence electrons. The maximum absolute atomic E-state index is 9.51. The van der Waals surface area contributed by atoms with Gasteiger partial charge >= 0.3 is 0 Å². The molecule has 0 aromatic carbocycles. The molecule has 0 aliphatic heterocycles. The summed E-state index contributed by atoms with van der Waals surface area (Å²) < 4.78 is 0. The first-order chi connectivity index (χ1) is 7.88. The van der Waals surface area contributed by atoms with Crippen LogP contribution in [0.1, 0.15) is 47.0 Å². The predicted molar refractivity (Wildman–Crippen MR) is 73.0 cm³/mol. The summed E-state index contributed by atoms with van der Waals surface area (Å²) in [6.07, 6.45) is 2.60. The molecule has 0 heterocycles. The molecule has 4 heteroatoms. The normalized spacial score (nSPS) is 32.4. The summed E-state index contributed by atoms with van der Waals surface area (Å²) in [5.74, 6) is 0. The predicted octanol–water partition coefficient (Wildman–Crippen LogP) is 2.30. The summed E-state index contributed by atoms with van der Waals surface area (Å²) in [6, 6.07) is 2.79. The summed E-state index contributed by atoms with van der Waals surface area (Å²) >= 11 is 1.82. The number of thioether (sulfide) groups is 1. The van der Waals surface area contributed by atoms with Crippen LogP contribution in [0, 0.1) is 11.3 Å². The molecule has 4 unspecified atom stereocenters. The van der Waals surface area contributed by atoms with Crippen LogP contribution in [-0.2, 0) is 0 Å². The SMILES string of the molecule is CC(C)NC1(C#N)CCC(SC(C)C(C)O)C1. The molecule has 1 fully saturated rings. The van der Waals surface area contributed by atoms with E-state index in [-0.39, 0.29) is 16.9 Å². The van der Waals surface area contributed by atoms with E-state index < -0.39 is 0 Å². The number of hydrogen-bond donors (Lipinski definition) is 2. The van der Waals surface area contributed by atoms with Gasteiger partial charge in [0.2, 0.25) is 0 Å². The largest absolute Gasteiger partial charge is 0.392 e. The minimum atomic E-state index is -0.343. The highest BCUT2D eigenvalue weighted by Crippen LogP contribution is 2.39. The number of aliphatic hydroxyl groups is 1. The van der Waals surface area contributed by atoms with Crippen molar-refractivity contribution in [2.45, 2.75) is 75.1 Å². The van der Waals surface area contributed by atoms with Crippen molar-refractivity contribution in [1.82, 2.24) is 5.32 Å². The van der Waals surface area contributed by atoms with E-state index in [1.165, 1.54) is 0 Å². The van der Waals surface area contributed by atoms with E-state index in [1.807, 2.05) is 18.7 Å². The second kappa shape index (κ2) is 6.08. The van der Waals surface area contributed by atoms with Gasteiger partial charge in [-0.3, -0.25) is 5.32 Å². The molecule has 1 saturated carbocycles. The molecule has 1 rings (SSSR count). The zero-order valence-corrected chi connectivity index (χ0v) is 12.0. The van der Waals surface area contributed by atoms with Crippen molar-refractivity contribution in [2.24, 2.45) is 0 Å². The van der Waals surface area contributed by atoms with Crippen LogP contribution >= 0.6 is 11.8 Å². The molecule has 0 spiro atoms. The van der Waals surface area contributed by atoms with E-state index in [2.05, 4.69) is 32.2 Å². The molecule has 3 nitrogen and oxygen atoms in total. The minimum Gasteiger partial charge on any atom is -0.392 e. The van der Waals surface area contributed by atoms with E-state index in [0.29, 0.717) is 11.3 Å². The summed E-state index contributed by atoms with van der Waals surface area (Å²) in [5, 5.41) is 23.0. The van der Waals surface area contributed by atoms with Crippen molar-refractivity contribution in [3.8, 4) is 6.07 Å². The van der Waals surface area contributed by atoms with Crippen LogP contribution in [0.2, 0.25) is 0 Å². The van der Waals surface area contributed by atoms with Crippen LogP contribution in [-0.4, -0.2) is 33.3 Å². The fourth-order valence-corrected chi connectivity index (χ4v) is 3.82. The Morgan fingerprint density at radius 1 is 1.41 bits per heavy atom. The Bertz CT molecular complexity index is 288. The number of rotatable bonds is 5. The average molecular weight is 256 g/mol. The van der Waals surface area contributed by atoms with Gasteiger partial charge in [-0.2, -0.15) is 17.0 Å². The average Bonchev–Trinajstić information content (AvgIpc) is 2.61. The third-order valence-electron chi connectivity index (χ3n) is 3.33. The number of nitrogens with one attached hydrogen (secondary N) is 1. The molecule has 0 amide bonds. The highest BCUT2D eigenvalue weighted by Gasteiger charge is 2.40. The van der Waals surface area contributed by atoms with Crippen LogP contribution in [0.3, 0.4) is 0 Å². The summed E-state index contributed by atoms with van der Waals surface area (Å²) in [7, 11) is 0. The molecule has 17 heavy (non-hydrogen) atoms. The zero-order valence-electron chi connectivity index (χ0n) is 11.2. The van der Waals surface area contributed by atoms with Gasteiger partial charge in [0.05, 0.1) is 12.2 Å². The number of aliphatic hydroxyl groups excluding tert-OH is 1. The first kappa shape index (κ1) is 14.8. The van der Waals surface area contributed by atoms with Crippen molar-refractivity contribution in [1.29, 1.82) is 5.26 Å². The Labute approximate surface area is 109 Å². The van der Waals surface area contributed by atoms with Crippen LogP contribution < -0.4 is 5.32 Å². The Balaban J connectivity index is 2.53. The molecule has 2 N–H and O–H groups in total. The van der Waals surface area contributed by atoms with Crippen molar-refractivity contribution in [3.05, 3.63) is 0 Å². The van der Waals surface area contributed by atoms with E-state index in [9.17, 15) is 10.4 Å². The first-order valence-electron chi connectivity index (χ1n) is 6.41. The lowest BCUT2D eigenvalue weighted by Crippen LogP contribution is -2.45. The highest BCUT2D eigenvalue weighted by molar-refractivity contribution is 8.00. The molecule has 0 saturated heterocycles. The van der Waals surface area contributed by atoms with Crippen molar-refractivity contribution < 1.29 is 5.11 Å². The van der Waals surface area contributed by atoms with Gasteiger partial charge < -0.3 is 5.11 Å². The van der Waals surface area contributed by atoms with Gasteiger partial charge in [-0.05, 0) is 40.0 Å². The number of hydrogen-bond acceptors (Lipinski definition) is 4. The molecule has 4 atom stereocenters. The molecule has 1 aliphatic carbocycles. The van der Waals surface area contributed by atoms with Gasteiger partial charge in [0, 0.05) is 16.5 Å². The van der Waals surface area contributed by atoms with Gasteiger partial charge in [0.15, 0.2) is 0 Å². The Hall–Kier alpha value is -0.240. The molecule has 0 aromatic heterocycles. The summed E-state index contributed by atoms with van der Waals surface area (Å²) in [6.45, 7) is 8.05. The lowest BCUT2D eigenvalue weighted by atomic mass is 9.99. The van der Waals surface area contributed by atoms with Crippen LogP contribution in [0.5, 0.6) is 0 Å². The maximum atomic E-state index is 9.51. The number of nitrogens with zero attached hydrogens (tertiary/aromatic N) is 1. The molecule has 0 bridgehead atoms. The van der Waals surface area contributed by atoms with Gasteiger partial charge in [0.25, 0.3) is 0 Å². The van der Waals surface area contributed by atoms with Gasteiger partial charge in [-0.15, -0.1) is 0 Å². The maximum Gasteiger partial charge on any atom is 0.108 e.